The van der Waals surface area contributed by atoms with Crippen LogP contribution in [-0.4, -0.2) is 23.8 Å². The third kappa shape index (κ3) is 1.81. The van der Waals surface area contributed by atoms with Gasteiger partial charge < -0.3 is 9.47 Å². The second-order valence-electron chi connectivity index (χ2n) is 5.98. The van der Waals surface area contributed by atoms with Gasteiger partial charge in [0.15, 0.2) is 0 Å². The molecule has 2 saturated heterocycles. The maximum Gasteiger partial charge on any atom is 0.334 e. The maximum absolute atomic E-state index is 11.7. The van der Waals surface area contributed by atoms with E-state index in [1.807, 2.05) is 0 Å². The summed E-state index contributed by atoms with van der Waals surface area (Å²) in [5.41, 5.74) is 1.91. The van der Waals surface area contributed by atoms with E-state index >= 15 is 0 Å². The first-order valence-electron chi connectivity index (χ1n) is 6.74. The van der Waals surface area contributed by atoms with Gasteiger partial charge in [0.2, 0.25) is 0 Å². The molecule has 3 rings (SSSR count). The Morgan fingerprint density at radius 1 is 1.50 bits per heavy atom. The van der Waals surface area contributed by atoms with Gasteiger partial charge in [0.1, 0.15) is 12.2 Å². The van der Waals surface area contributed by atoms with Crippen molar-refractivity contribution in [1.82, 2.24) is 0 Å². The van der Waals surface area contributed by atoms with Crippen LogP contribution in [0.4, 0.5) is 0 Å². The molecule has 18 heavy (non-hydrogen) atoms. The van der Waals surface area contributed by atoms with E-state index in [1.165, 1.54) is 5.57 Å². The quantitative estimate of drug-likeness (QED) is 0.286. The molecule has 0 spiro atoms. The highest BCUT2D eigenvalue weighted by Crippen LogP contribution is 2.49. The molecule has 3 heteroatoms. The van der Waals surface area contributed by atoms with Gasteiger partial charge in [-0.1, -0.05) is 18.2 Å². The Labute approximate surface area is 108 Å². The van der Waals surface area contributed by atoms with Gasteiger partial charge in [-0.05, 0) is 39.5 Å². The van der Waals surface area contributed by atoms with E-state index < -0.39 is 0 Å². The minimum absolute atomic E-state index is 0.0671. The number of hydrogen-bond donors (Lipinski definition) is 0. The van der Waals surface area contributed by atoms with Crippen LogP contribution in [0.2, 0.25) is 0 Å². The predicted molar refractivity (Wildman–Crippen MR) is 68.0 cm³/mol. The van der Waals surface area contributed by atoms with Gasteiger partial charge in [-0.3, -0.25) is 0 Å². The van der Waals surface area contributed by atoms with Crippen molar-refractivity contribution in [2.75, 3.05) is 0 Å². The Hall–Kier alpha value is -1.09. The first-order chi connectivity index (χ1) is 8.51. The molecule has 0 aromatic heterocycles. The van der Waals surface area contributed by atoms with Crippen LogP contribution in [0.25, 0.3) is 0 Å². The molecule has 0 saturated carbocycles. The molecule has 3 aliphatic rings. The fourth-order valence-electron chi connectivity index (χ4n) is 3.20. The Kier molecular flexibility index (Phi) is 2.63. The summed E-state index contributed by atoms with van der Waals surface area (Å²) in [5, 5.41) is 0. The number of rotatable bonds is 0. The Bertz CT molecular complexity index is 437. The molecule has 0 aromatic rings. The monoisotopic (exact) mass is 248 g/mol. The lowest BCUT2D eigenvalue weighted by molar-refractivity contribution is -0.140. The zero-order valence-corrected chi connectivity index (χ0v) is 11.1. The zero-order chi connectivity index (χ0) is 12.9. The van der Waals surface area contributed by atoms with Crippen molar-refractivity contribution < 1.29 is 14.3 Å². The summed E-state index contributed by atoms with van der Waals surface area (Å²) in [7, 11) is 0. The van der Waals surface area contributed by atoms with E-state index in [0.717, 1.165) is 25.7 Å². The highest BCUT2D eigenvalue weighted by atomic mass is 16.6. The minimum atomic E-state index is -0.233. The molecule has 1 aliphatic carbocycles. The van der Waals surface area contributed by atoms with E-state index in [4.69, 9.17) is 9.47 Å². The molecule has 0 N–H and O–H groups in total. The van der Waals surface area contributed by atoms with Crippen molar-refractivity contribution in [1.29, 1.82) is 0 Å². The van der Waals surface area contributed by atoms with Gasteiger partial charge in [0.05, 0.1) is 5.60 Å². The summed E-state index contributed by atoms with van der Waals surface area (Å²) in [5.74, 6) is -0.102. The summed E-state index contributed by atoms with van der Waals surface area (Å²) < 4.78 is 11.3. The molecule has 0 amide bonds. The van der Waals surface area contributed by atoms with E-state index in [2.05, 4.69) is 26.5 Å². The van der Waals surface area contributed by atoms with E-state index in [-0.39, 0.29) is 29.7 Å². The van der Waals surface area contributed by atoms with Crippen molar-refractivity contribution in [3.63, 3.8) is 0 Å². The molecule has 0 bridgehead atoms. The van der Waals surface area contributed by atoms with E-state index in [9.17, 15) is 4.79 Å². The molecular formula is C15H20O3. The zero-order valence-electron chi connectivity index (χ0n) is 11.1. The molecule has 0 radical (unpaired) electrons. The van der Waals surface area contributed by atoms with Crippen LogP contribution in [-0.2, 0) is 14.3 Å². The van der Waals surface area contributed by atoms with Gasteiger partial charge >= 0.3 is 5.97 Å². The number of hydrogen-bond acceptors (Lipinski definition) is 3. The number of allylic oxidation sites excluding steroid dienone is 2. The fraction of sp³-hybridized carbons (Fsp3) is 0.667. The van der Waals surface area contributed by atoms with Gasteiger partial charge in [-0.15, -0.1) is 0 Å². The number of ether oxygens (including phenoxy) is 2. The number of epoxide rings is 1. The minimum Gasteiger partial charge on any atom is -0.455 e. The maximum atomic E-state index is 11.7. The largest absolute Gasteiger partial charge is 0.455 e. The lowest BCUT2D eigenvalue weighted by Crippen LogP contribution is -2.28. The van der Waals surface area contributed by atoms with Crippen molar-refractivity contribution in [2.24, 2.45) is 5.92 Å². The summed E-state index contributed by atoms with van der Waals surface area (Å²) in [6.07, 6.45) is 6.25. The van der Waals surface area contributed by atoms with Crippen LogP contribution in [0.3, 0.4) is 0 Å². The second kappa shape index (κ2) is 3.95. The van der Waals surface area contributed by atoms with Gasteiger partial charge in [0.25, 0.3) is 0 Å². The van der Waals surface area contributed by atoms with Crippen LogP contribution >= 0.6 is 0 Å². The first kappa shape index (κ1) is 12.0. The number of esters is 1. The van der Waals surface area contributed by atoms with Crippen LogP contribution in [0.1, 0.15) is 39.5 Å². The Balaban J connectivity index is 1.87. The topological polar surface area (TPSA) is 38.8 Å². The predicted octanol–water partition coefficient (Wildman–Crippen LogP) is 2.76. The normalized spacial score (nSPS) is 46.6. The molecular weight excluding hydrogens is 228 g/mol. The summed E-state index contributed by atoms with van der Waals surface area (Å²) in [4.78, 5) is 11.7. The van der Waals surface area contributed by atoms with Gasteiger partial charge in [0, 0.05) is 11.5 Å². The lowest BCUT2D eigenvalue weighted by Gasteiger charge is -2.19. The van der Waals surface area contributed by atoms with Crippen LogP contribution < -0.4 is 0 Å². The van der Waals surface area contributed by atoms with Crippen LogP contribution in [0.5, 0.6) is 0 Å². The highest BCUT2D eigenvalue weighted by Gasteiger charge is 2.61. The Morgan fingerprint density at radius 2 is 2.28 bits per heavy atom. The number of carbonyl (C=O) groups is 1. The molecule has 3 nitrogen and oxygen atoms in total. The standard InChI is InChI=1S/C15H20O3/c1-9-5-4-8-15(3)13(18-15)12-11(7-6-9)10(2)14(16)17-12/h5,11-13H,2,4,6-8H2,1,3H3/b9-5-/t11-,12+,13+,15-/m1/s1. The van der Waals surface area contributed by atoms with E-state index in [0.29, 0.717) is 5.57 Å². The summed E-state index contributed by atoms with van der Waals surface area (Å²) >= 11 is 0. The van der Waals surface area contributed by atoms with Gasteiger partial charge in [-0.25, -0.2) is 4.79 Å². The molecule has 0 unspecified atom stereocenters. The molecule has 4 atom stereocenters. The Morgan fingerprint density at radius 3 is 3.06 bits per heavy atom. The van der Waals surface area contributed by atoms with Crippen LogP contribution in [0, 0.1) is 5.92 Å². The first-order valence-corrected chi connectivity index (χ1v) is 6.74. The molecule has 2 fully saturated rings. The van der Waals surface area contributed by atoms with Crippen molar-refractivity contribution >= 4 is 5.97 Å². The third-order valence-electron chi connectivity index (χ3n) is 4.57. The van der Waals surface area contributed by atoms with Crippen LogP contribution in [0.15, 0.2) is 23.8 Å². The SMILES string of the molecule is C=C1C(=O)O[C@H]2[C@@H]1CC/C(C)=C\CC[C@@]1(C)O[C@@H]21. The third-order valence-corrected chi connectivity index (χ3v) is 4.57. The van der Waals surface area contributed by atoms with E-state index in [1.54, 1.807) is 0 Å². The average Bonchev–Trinajstić information content (AvgIpc) is 2.90. The number of fused-ring (bicyclic) bond motifs is 3. The number of carbonyl (C=O) groups excluding carboxylic acids is 1. The van der Waals surface area contributed by atoms with Crippen molar-refractivity contribution in [3.8, 4) is 0 Å². The summed E-state index contributed by atoms with van der Waals surface area (Å²) in [6.45, 7) is 8.17. The average molecular weight is 248 g/mol. The molecule has 0 aromatic carbocycles. The van der Waals surface area contributed by atoms with Gasteiger partial charge in [-0.2, -0.15) is 0 Å². The second-order valence-corrected chi connectivity index (χ2v) is 5.98. The molecule has 98 valence electrons. The smallest absolute Gasteiger partial charge is 0.334 e. The lowest BCUT2D eigenvalue weighted by atomic mass is 9.84. The fourth-order valence-corrected chi connectivity index (χ4v) is 3.20. The summed E-state index contributed by atoms with van der Waals surface area (Å²) in [6, 6.07) is 0. The molecule has 2 aliphatic heterocycles. The van der Waals surface area contributed by atoms with Crippen molar-refractivity contribution in [2.45, 2.75) is 57.3 Å². The highest BCUT2D eigenvalue weighted by molar-refractivity contribution is 5.91. The van der Waals surface area contributed by atoms with Crippen molar-refractivity contribution in [3.05, 3.63) is 23.8 Å². The molecule has 2 heterocycles.